The van der Waals surface area contributed by atoms with Crippen molar-refractivity contribution >= 4 is 32.9 Å². The van der Waals surface area contributed by atoms with Crippen LogP contribution in [0.4, 0.5) is 17.1 Å². The van der Waals surface area contributed by atoms with Gasteiger partial charge in [-0.25, -0.2) is 4.79 Å². The average molecular weight is 351 g/mol. The van der Waals surface area contributed by atoms with E-state index < -0.39 is 0 Å². The molecule has 0 saturated heterocycles. The van der Waals surface area contributed by atoms with Gasteiger partial charge in [0.15, 0.2) is 11.5 Å². The van der Waals surface area contributed by atoms with Gasteiger partial charge >= 0.3 is 5.97 Å². The van der Waals surface area contributed by atoms with Crippen molar-refractivity contribution in [3.8, 4) is 11.5 Å². The van der Waals surface area contributed by atoms with Gasteiger partial charge in [-0.3, -0.25) is 0 Å². The molecule has 4 rings (SSSR count). The number of rotatable bonds is 2. The number of nitrogens with zero attached hydrogens (tertiary/aromatic N) is 1. The third-order valence-corrected chi connectivity index (χ3v) is 3.96. The Labute approximate surface area is 149 Å². The molecule has 0 amide bonds. The van der Waals surface area contributed by atoms with Gasteiger partial charge in [-0.05, 0) is 42.5 Å². The van der Waals surface area contributed by atoms with Crippen LogP contribution in [0.3, 0.4) is 0 Å². The standard InChI is InChI=1S/C20H15NO3.H3P/c1-23-20(22)14-7-6-8-15(13-14)21-16-9-2-4-11-18(16)24-19-12-5-3-10-17(19)21;/h2-13H,1H3;1H3. The molecule has 0 spiro atoms. The summed E-state index contributed by atoms with van der Waals surface area (Å²) in [5.74, 6) is 1.20. The lowest BCUT2D eigenvalue weighted by Gasteiger charge is -2.32. The van der Waals surface area contributed by atoms with Crippen LogP contribution in [0.1, 0.15) is 10.4 Å². The maximum Gasteiger partial charge on any atom is 0.337 e. The molecule has 1 heterocycles. The first-order valence-corrected chi connectivity index (χ1v) is 7.62. The number of benzene rings is 3. The molecule has 1 unspecified atom stereocenters. The SMILES string of the molecule is COC(=O)c1cccc(N2c3ccccc3Oc3ccccc32)c1.P. The molecule has 3 aromatic rings. The summed E-state index contributed by atoms with van der Waals surface area (Å²) in [5.41, 5.74) is 3.24. The van der Waals surface area contributed by atoms with Crippen LogP contribution >= 0.6 is 9.90 Å². The van der Waals surface area contributed by atoms with E-state index in [1.807, 2.05) is 66.7 Å². The van der Waals surface area contributed by atoms with Gasteiger partial charge < -0.3 is 14.4 Å². The third-order valence-electron chi connectivity index (χ3n) is 3.96. The Morgan fingerprint density at radius 3 is 2.08 bits per heavy atom. The molecular weight excluding hydrogens is 333 g/mol. The fourth-order valence-corrected chi connectivity index (χ4v) is 2.87. The first-order chi connectivity index (χ1) is 11.8. The van der Waals surface area contributed by atoms with Crippen molar-refractivity contribution in [1.82, 2.24) is 0 Å². The minimum Gasteiger partial charge on any atom is -0.465 e. The minimum absolute atomic E-state index is 0. The van der Waals surface area contributed by atoms with E-state index in [4.69, 9.17) is 9.47 Å². The Balaban J connectivity index is 0.00000182. The quantitative estimate of drug-likeness (QED) is 0.372. The van der Waals surface area contributed by atoms with E-state index in [-0.39, 0.29) is 15.9 Å². The summed E-state index contributed by atoms with van der Waals surface area (Å²) in [6.45, 7) is 0. The highest BCUT2D eigenvalue weighted by Gasteiger charge is 2.25. The summed E-state index contributed by atoms with van der Waals surface area (Å²) in [6.07, 6.45) is 0. The van der Waals surface area contributed by atoms with Crippen molar-refractivity contribution in [2.75, 3.05) is 12.0 Å². The number of fused-ring (bicyclic) bond motifs is 2. The number of anilines is 3. The molecule has 4 nitrogen and oxygen atoms in total. The number of carbonyl (C=O) groups is 1. The Hall–Kier alpha value is -2.84. The predicted molar refractivity (Wildman–Crippen MR) is 104 cm³/mol. The molecule has 0 saturated carbocycles. The van der Waals surface area contributed by atoms with Crippen molar-refractivity contribution in [2.45, 2.75) is 0 Å². The topological polar surface area (TPSA) is 38.8 Å². The summed E-state index contributed by atoms with van der Waals surface area (Å²) in [5, 5.41) is 0. The third kappa shape index (κ3) is 2.97. The summed E-state index contributed by atoms with van der Waals surface area (Å²) in [7, 11) is 1.38. The zero-order chi connectivity index (χ0) is 16.5. The zero-order valence-corrected chi connectivity index (χ0v) is 15.2. The van der Waals surface area contributed by atoms with Gasteiger partial charge in [0.2, 0.25) is 0 Å². The molecule has 0 N–H and O–H groups in total. The van der Waals surface area contributed by atoms with Crippen LogP contribution in [0.25, 0.3) is 0 Å². The van der Waals surface area contributed by atoms with Crippen LogP contribution in [0.5, 0.6) is 11.5 Å². The van der Waals surface area contributed by atoms with Gasteiger partial charge in [0, 0.05) is 5.69 Å². The highest BCUT2D eigenvalue weighted by atomic mass is 31.0. The van der Waals surface area contributed by atoms with E-state index in [1.54, 1.807) is 6.07 Å². The molecule has 1 atom stereocenters. The van der Waals surface area contributed by atoms with Crippen LogP contribution < -0.4 is 9.64 Å². The van der Waals surface area contributed by atoms with Gasteiger partial charge in [-0.1, -0.05) is 30.3 Å². The van der Waals surface area contributed by atoms with E-state index in [0.29, 0.717) is 5.56 Å². The van der Waals surface area contributed by atoms with Crippen molar-refractivity contribution in [1.29, 1.82) is 0 Å². The predicted octanol–water partition coefficient (Wildman–Crippen LogP) is 5.11. The highest BCUT2D eigenvalue weighted by Crippen LogP contribution is 2.49. The highest BCUT2D eigenvalue weighted by molar-refractivity contribution is 6.92. The Kier molecular flexibility index (Phi) is 4.73. The molecule has 1 aliphatic heterocycles. The van der Waals surface area contributed by atoms with Gasteiger partial charge in [-0.15, -0.1) is 0 Å². The van der Waals surface area contributed by atoms with Crippen LogP contribution in [0.15, 0.2) is 72.8 Å². The van der Waals surface area contributed by atoms with Gasteiger partial charge in [0.1, 0.15) is 0 Å². The van der Waals surface area contributed by atoms with E-state index in [0.717, 1.165) is 28.6 Å². The Bertz CT molecular complexity index is 881. The monoisotopic (exact) mass is 351 g/mol. The largest absolute Gasteiger partial charge is 0.465 e. The first kappa shape index (κ1) is 17.0. The number of hydrogen-bond acceptors (Lipinski definition) is 4. The molecule has 25 heavy (non-hydrogen) atoms. The maximum atomic E-state index is 11.9. The molecule has 0 fully saturated rings. The van der Waals surface area contributed by atoms with E-state index in [2.05, 4.69) is 4.90 Å². The molecule has 0 bridgehead atoms. The molecule has 126 valence electrons. The van der Waals surface area contributed by atoms with Crippen molar-refractivity contribution in [2.24, 2.45) is 0 Å². The number of carbonyl (C=O) groups excluding carboxylic acids is 1. The van der Waals surface area contributed by atoms with Crippen molar-refractivity contribution in [3.05, 3.63) is 78.4 Å². The maximum absolute atomic E-state index is 11.9. The van der Waals surface area contributed by atoms with Crippen molar-refractivity contribution < 1.29 is 14.3 Å². The molecule has 1 aliphatic rings. The van der Waals surface area contributed by atoms with Gasteiger partial charge in [0.25, 0.3) is 0 Å². The second-order valence-corrected chi connectivity index (χ2v) is 5.41. The number of ether oxygens (including phenoxy) is 2. The van der Waals surface area contributed by atoms with Gasteiger partial charge in [0.05, 0.1) is 24.0 Å². The number of methoxy groups -OCH3 is 1. The number of esters is 1. The van der Waals surface area contributed by atoms with E-state index >= 15 is 0 Å². The molecular formula is C20H18NO3P. The minimum atomic E-state index is -0.355. The van der Waals surface area contributed by atoms with Crippen LogP contribution in [-0.2, 0) is 4.74 Å². The normalized spacial score (nSPS) is 11.5. The fraction of sp³-hybridized carbons (Fsp3) is 0.0500. The number of para-hydroxylation sites is 4. The molecule has 0 aromatic heterocycles. The second kappa shape index (κ2) is 6.96. The summed E-state index contributed by atoms with van der Waals surface area (Å²) < 4.78 is 10.8. The van der Waals surface area contributed by atoms with E-state index in [1.165, 1.54) is 7.11 Å². The lowest BCUT2D eigenvalue weighted by Crippen LogP contribution is -2.16. The Morgan fingerprint density at radius 1 is 0.880 bits per heavy atom. The molecule has 5 heteroatoms. The molecule has 3 aromatic carbocycles. The summed E-state index contributed by atoms with van der Waals surface area (Å²) >= 11 is 0. The lowest BCUT2D eigenvalue weighted by atomic mass is 10.1. The number of hydrogen-bond donors (Lipinski definition) is 0. The smallest absolute Gasteiger partial charge is 0.337 e. The summed E-state index contributed by atoms with van der Waals surface area (Å²) in [4.78, 5) is 14.0. The first-order valence-electron chi connectivity index (χ1n) is 7.62. The van der Waals surface area contributed by atoms with Gasteiger partial charge in [-0.2, -0.15) is 9.90 Å². The van der Waals surface area contributed by atoms with Crippen molar-refractivity contribution in [3.63, 3.8) is 0 Å². The zero-order valence-electron chi connectivity index (χ0n) is 13.8. The molecule has 0 radical (unpaired) electrons. The van der Waals surface area contributed by atoms with Crippen LogP contribution in [0, 0.1) is 0 Å². The second-order valence-electron chi connectivity index (χ2n) is 5.41. The fourth-order valence-electron chi connectivity index (χ4n) is 2.87. The van der Waals surface area contributed by atoms with E-state index in [9.17, 15) is 4.79 Å². The molecule has 0 aliphatic carbocycles. The summed E-state index contributed by atoms with van der Waals surface area (Å²) in [6, 6.07) is 23.1. The average Bonchev–Trinajstić information content (AvgIpc) is 2.65. The van der Waals surface area contributed by atoms with Crippen LogP contribution in [-0.4, -0.2) is 13.1 Å². The Morgan fingerprint density at radius 2 is 1.48 bits per heavy atom. The van der Waals surface area contributed by atoms with Crippen LogP contribution in [0.2, 0.25) is 0 Å². The lowest BCUT2D eigenvalue weighted by molar-refractivity contribution is 0.0601.